The zero-order chi connectivity index (χ0) is 16.4. The fourth-order valence-electron chi connectivity index (χ4n) is 3.27. The highest BCUT2D eigenvalue weighted by molar-refractivity contribution is 5.87. The number of H-pyrrole nitrogens is 1. The second-order valence-electron chi connectivity index (χ2n) is 6.39. The van der Waals surface area contributed by atoms with Crippen molar-refractivity contribution in [3.8, 4) is 0 Å². The van der Waals surface area contributed by atoms with Gasteiger partial charge in [-0.1, -0.05) is 24.3 Å². The minimum atomic E-state index is -0.377. The van der Waals surface area contributed by atoms with E-state index in [1.165, 1.54) is 11.1 Å². The van der Waals surface area contributed by atoms with Crippen molar-refractivity contribution in [2.24, 2.45) is 0 Å². The molecular weight excluding hydrogens is 290 g/mol. The van der Waals surface area contributed by atoms with Gasteiger partial charge in [0.2, 0.25) is 0 Å². The summed E-state index contributed by atoms with van der Waals surface area (Å²) in [6.45, 7) is 8.35. The van der Waals surface area contributed by atoms with E-state index in [0.29, 0.717) is 12.3 Å². The number of aromatic amines is 1. The number of fused-ring (bicyclic) bond motifs is 1. The van der Waals surface area contributed by atoms with Crippen molar-refractivity contribution in [1.29, 1.82) is 0 Å². The first-order valence-corrected chi connectivity index (χ1v) is 8.07. The molecule has 1 aromatic heterocycles. The molecule has 122 valence electrons. The summed E-state index contributed by atoms with van der Waals surface area (Å²) in [6.07, 6.45) is 1.04. The van der Waals surface area contributed by atoms with Crippen molar-refractivity contribution >= 4 is 5.97 Å². The number of esters is 1. The number of hydrogen-bond acceptors (Lipinski definition) is 4. The van der Waals surface area contributed by atoms with Crippen LogP contribution in [0.25, 0.3) is 0 Å². The van der Waals surface area contributed by atoms with Crippen LogP contribution in [0.3, 0.4) is 0 Å². The summed E-state index contributed by atoms with van der Waals surface area (Å²) in [7, 11) is 0. The van der Waals surface area contributed by atoms with Gasteiger partial charge in [-0.2, -0.15) is 5.10 Å². The molecule has 0 saturated carbocycles. The predicted molar refractivity (Wildman–Crippen MR) is 88.1 cm³/mol. The quantitative estimate of drug-likeness (QED) is 0.882. The van der Waals surface area contributed by atoms with Crippen molar-refractivity contribution in [3.05, 3.63) is 52.8 Å². The average molecular weight is 313 g/mol. The molecule has 0 unspecified atom stereocenters. The first kappa shape index (κ1) is 15.7. The molecule has 0 spiro atoms. The Morgan fingerprint density at radius 3 is 2.96 bits per heavy atom. The first-order chi connectivity index (χ1) is 11.0. The van der Waals surface area contributed by atoms with Gasteiger partial charge in [0, 0.05) is 18.6 Å². The largest absolute Gasteiger partial charge is 0.461 e. The van der Waals surface area contributed by atoms with E-state index in [1.54, 1.807) is 13.0 Å². The van der Waals surface area contributed by atoms with Crippen LogP contribution in [0.5, 0.6) is 0 Å². The Morgan fingerprint density at radius 2 is 2.17 bits per heavy atom. The molecule has 3 rings (SSSR count). The van der Waals surface area contributed by atoms with Gasteiger partial charge in [-0.3, -0.25) is 10.00 Å². The lowest BCUT2D eigenvalue weighted by molar-refractivity contribution is 0.0519. The molecule has 0 atom stereocenters. The van der Waals surface area contributed by atoms with Crippen LogP contribution >= 0.6 is 0 Å². The van der Waals surface area contributed by atoms with E-state index < -0.39 is 0 Å². The Hall–Kier alpha value is -2.14. The van der Waals surface area contributed by atoms with Crippen molar-refractivity contribution in [1.82, 2.24) is 15.1 Å². The summed E-state index contributed by atoms with van der Waals surface area (Å²) >= 11 is 0. The summed E-state index contributed by atoms with van der Waals surface area (Å²) in [4.78, 5) is 14.1. The third-order valence-corrected chi connectivity index (χ3v) is 4.59. The van der Waals surface area contributed by atoms with Gasteiger partial charge in [0.25, 0.3) is 0 Å². The van der Waals surface area contributed by atoms with Gasteiger partial charge >= 0.3 is 5.97 Å². The highest BCUT2D eigenvalue weighted by Crippen LogP contribution is 2.35. The summed E-state index contributed by atoms with van der Waals surface area (Å²) in [5.74, 6) is -0.377. The van der Waals surface area contributed by atoms with Crippen LogP contribution in [-0.2, 0) is 23.2 Å². The van der Waals surface area contributed by atoms with Gasteiger partial charge in [-0.15, -0.1) is 0 Å². The highest BCUT2D eigenvalue weighted by Gasteiger charge is 2.34. The third kappa shape index (κ3) is 3.01. The van der Waals surface area contributed by atoms with E-state index in [2.05, 4.69) is 53.2 Å². The average Bonchev–Trinajstić information content (AvgIpc) is 2.99. The van der Waals surface area contributed by atoms with Gasteiger partial charge in [-0.05, 0) is 44.4 Å². The number of benzene rings is 1. The Labute approximate surface area is 136 Å². The summed E-state index contributed by atoms with van der Waals surface area (Å²) < 4.78 is 4.98. The van der Waals surface area contributed by atoms with Crippen molar-refractivity contribution in [3.63, 3.8) is 0 Å². The van der Waals surface area contributed by atoms with Crippen molar-refractivity contribution in [2.45, 2.75) is 39.3 Å². The van der Waals surface area contributed by atoms with Crippen LogP contribution in [0, 0.1) is 0 Å². The lowest BCUT2D eigenvalue weighted by Crippen LogP contribution is -2.46. The van der Waals surface area contributed by atoms with Gasteiger partial charge in [0.1, 0.15) is 0 Å². The van der Waals surface area contributed by atoms with E-state index in [0.717, 1.165) is 25.2 Å². The zero-order valence-corrected chi connectivity index (χ0v) is 13.9. The molecule has 0 amide bonds. The highest BCUT2D eigenvalue weighted by atomic mass is 16.5. The maximum Gasteiger partial charge on any atom is 0.358 e. The van der Waals surface area contributed by atoms with Gasteiger partial charge < -0.3 is 4.74 Å². The summed E-state index contributed by atoms with van der Waals surface area (Å²) in [5, 5.41) is 7.03. The second-order valence-corrected chi connectivity index (χ2v) is 6.39. The first-order valence-electron chi connectivity index (χ1n) is 8.07. The maximum absolute atomic E-state index is 11.7. The molecular formula is C18H23N3O2. The number of carbonyl (C=O) groups excluding carboxylic acids is 1. The molecule has 1 aliphatic rings. The van der Waals surface area contributed by atoms with Crippen LogP contribution in [0.2, 0.25) is 0 Å². The maximum atomic E-state index is 11.7. The SMILES string of the molecule is CCOC(=O)c1cc(CN2CCc3ccccc3C2(C)C)[nH]n1. The molecule has 0 bridgehead atoms. The Bertz CT molecular complexity index is 706. The van der Waals surface area contributed by atoms with Crippen molar-refractivity contribution < 1.29 is 9.53 Å². The molecule has 0 saturated heterocycles. The minimum Gasteiger partial charge on any atom is -0.461 e. The van der Waals surface area contributed by atoms with E-state index in [1.807, 2.05) is 0 Å². The third-order valence-electron chi connectivity index (χ3n) is 4.59. The summed E-state index contributed by atoms with van der Waals surface area (Å²) in [5.41, 5.74) is 4.02. The Kier molecular flexibility index (Phi) is 4.22. The van der Waals surface area contributed by atoms with E-state index in [4.69, 9.17) is 4.74 Å². The molecule has 0 radical (unpaired) electrons. The van der Waals surface area contributed by atoms with Crippen LogP contribution in [0.4, 0.5) is 0 Å². The Balaban J connectivity index is 1.78. The standard InChI is InChI=1S/C18H23N3O2/c1-4-23-17(22)16-11-14(19-20-16)12-21-10-9-13-7-5-6-8-15(13)18(21,2)3/h5-8,11H,4,9-10,12H2,1-3H3,(H,19,20). The smallest absolute Gasteiger partial charge is 0.358 e. The molecule has 23 heavy (non-hydrogen) atoms. The van der Waals surface area contributed by atoms with Crippen molar-refractivity contribution in [2.75, 3.05) is 13.2 Å². The fourth-order valence-corrected chi connectivity index (χ4v) is 3.27. The molecule has 5 heteroatoms. The lowest BCUT2D eigenvalue weighted by Gasteiger charge is -2.43. The van der Waals surface area contributed by atoms with Crippen LogP contribution in [0.15, 0.2) is 30.3 Å². The van der Waals surface area contributed by atoms with Crippen LogP contribution in [-0.4, -0.2) is 34.2 Å². The molecule has 5 nitrogen and oxygen atoms in total. The molecule has 1 aliphatic heterocycles. The van der Waals surface area contributed by atoms with E-state index >= 15 is 0 Å². The van der Waals surface area contributed by atoms with Gasteiger partial charge in [0.15, 0.2) is 5.69 Å². The molecule has 1 aromatic carbocycles. The van der Waals surface area contributed by atoms with Gasteiger partial charge in [-0.25, -0.2) is 4.79 Å². The van der Waals surface area contributed by atoms with Gasteiger partial charge in [0.05, 0.1) is 12.3 Å². The number of rotatable bonds is 4. The van der Waals surface area contributed by atoms with Crippen LogP contribution in [0.1, 0.15) is 48.1 Å². The monoisotopic (exact) mass is 313 g/mol. The summed E-state index contributed by atoms with van der Waals surface area (Å²) in [6, 6.07) is 10.4. The number of nitrogens with zero attached hydrogens (tertiary/aromatic N) is 2. The predicted octanol–water partition coefficient (Wildman–Crippen LogP) is 2.88. The zero-order valence-electron chi connectivity index (χ0n) is 13.9. The molecule has 2 heterocycles. The number of ether oxygens (including phenoxy) is 1. The number of carbonyl (C=O) groups is 1. The van der Waals surface area contributed by atoms with E-state index in [9.17, 15) is 4.79 Å². The number of nitrogens with one attached hydrogen (secondary N) is 1. The fraction of sp³-hybridized carbons (Fsp3) is 0.444. The normalized spacial score (nSPS) is 16.8. The molecule has 1 N–H and O–H groups in total. The minimum absolute atomic E-state index is 0.0515. The molecule has 0 aliphatic carbocycles. The second kappa shape index (κ2) is 6.16. The number of aromatic nitrogens is 2. The number of hydrogen-bond donors (Lipinski definition) is 1. The van der Waals surface area contributed by atoms with E-state index in [-0.39, 0.29) is 11.5 Å². The topological polar surface area (TPSA) is 58.2 Å². The lowest BCUT2D eigenvalue weighted by atomic mass is 9.83. The van der Waals surface area contributed by atoms with Crippen LogP contribution < -0.4 is 0 Å². The molecule has 0 fully saturated rings. The molecule has 2 aromatic rings. The Morgan fingerprint density at radius 1 is 1.39 bits per heavy atom.